The van der Waals surface area contributed by atoms with Gasteiger partial charge in [-0.25, -0.2) is 0 Å². The highest BCUT2D eigenvalue weighted by molar-refractivity contribution is 5.11. The van der Waals surface area contributed by atoms with E-state index in [2.05, 4.69) is 19.1 Å². The van der Waals surface area contributed by atoms with E-state index < -0.39 is 0 Å². The first-order valence-electron chi connectivity index (χ1n) is 3.18. The van der Waals surface area contributed by atoms with E-state index in [0.29, 0.717) is 0 Å². The maximum absolute atomic E-state index is 8.11. The van der Waals surface area contributed by atoms with Crippen molar-refractivity contribution in [2.45, 2.75) is 6.92 Å². The van der Waals surface area contributed by atoms with Crippen molar-refractivity contribution in [2.75, 3.05) is 0 Å². The molecule has 6 nitrogen and oxygen atoms in total. The van der Waals surface area contributed by atoms with Crippen LogP contribution in [0, 0.1) is 16.7 Å². The second kappa shape index (κ2) is 12.7. The average Bonchev–Trinajstić information content (AvgIpc) is 2.08. The van der Waals surface area contributed by atoms with Crippen molar-refractivity contribution in [1.29, 1.82) is 0 Å². The molecule has 1 aromatic carbocycles. The van der Waals surface area contributed by atoms with Crippen molar-refractivity contribution < 1.29 is 10.4 Å². The molecule has 0 heterocycles. The zero-order chi connectivity index (χ0) is 10.5. The summed E-state index contributed by atoms with van der Waals surface area (Å²) in [6, 6.07) is 10.3. The Labute approximate surface area is 74.7 Å². The number of aryl methyl sites for hydroxylation is 1. The lowest BCUT2D eigenvalue weighted by atomic mass is 10.2. The molecule has 6 heteroatoms. The van der Waals surface area contributed by atoms with Gasteiger partial charge in [0.05, 0.1) is 0 Å². The van der Waals surface area contributed by atoms with Crippen LogP contribution in [0.4, 0.5) is 0 Å². The highest BCUT2D eigenvalue weighted by Gasteiger charge is 1.72. The van der Waals surface area contributed by atoms with Gasteiger partial charge in [0.25, 0.3) is 0 Å². The molecule has 72 valence electrons. The molecule has 0 bridgehead atoms. The van der Waals surface area contributed by atoms with E-state index in [1.165, 1.54) is 16.2 Å². The Morgan fingerprint density at radius 2 is 1.31 bits per heavy atom. The second-order valence-corrected chi connectivity index (χ2v) is 1.82. The summed E-state index contributed by atoms with van der Waals surface area (Å²) in [5.41, 5.74) is 1.32. The molecule has 0 aliphatic carbocycles. The quantitative estimate of drug-likeness (QED) is 0.479. The lowest BCUT2D eigenvalue weighted by Crippen LogP contribution is -1.62. The number of nitrogens with zero attached hydrogens (tertiary/aromatic N) is 2. The maximum atomic E-state index is 8.11. The van der Waals surface area contributed by atoms with Crippen LogP contribution in [0.5, 0.6) is 0 Å². The summed E-state index contributed by atoms with van der Waals surface area (Å²) in [5, 5.41) is 15.8. The largest absolute Gasteiger partial charge is 0.379 e. The molecule has 0 atom stereocenters. The number of rotatable bonds is 0. The summed E-state index contributed by atoms with van der Waals surface area (Å²) in [6.45, 7) is 2.08. The third-order valence-corrected chi connectivity index (χ3v) is 0.940. The standard InChI is InChI=1S/C7H8.2HNO2/c1-7-5-3-2-4-6-7;2*2-1-3/h2-6H,1H3;2*(H,2,3). The molecule has 1 aromatic rings. The summed E-state index contributed by atoms with van der Waals surface area (Å²) >= 11 is 0. The molecule has 0 aromatic heterocycles. The van der Waals surface area contributed by atoms with Crippen LogP contribution in [0.1, 0.15) is 5.56 Å². The fraction of sp³-hybridized carbons (Fsp3) is 0.143. The van der Waals surface area contributed by atoms with Crippen molar-refractivity contribution in [3.8, 4) is 0 Å². The molecule has 0 saturated heterocycles. The zero-order valence-electron chi connectivity index (χ0n) is 6.99. The van der Waals surface area contributed by atoms with E-state index >= 15 is 0 Å². The third kappa shape index (κ3) is 17.8. The summed E-state index contributed by atoms with van der Waals surface area (Å²) in [4.78, 5) is 16.2. The van der Waals surface area contributed by atoms with E-state index in [4.69, 9.17) is 20.2 Å². The lowest BCUT2D eigenvalue weighted by molar-refractivity contribution is 0.312. The Balaban J connectivity index is 0. The minimum atomic E-state index is 1.25. The van der Waals surface area contributed by atoms with E-state index in [1.54, 1.807) is 0 Å². The van der Waals surface area contributed by atoms with Gasteiger partial charge in [-0.15, -0.1) is 9.81 Å². The summed E-state index contributed by atoms with van der Waals surface area (Å²) in [5.74, 6) is 0. The van der Waals surface area contributed by atoms with Crippen molar-refractivity contribution in [3.63, 3.8) is 0 Å². The normalized spacial score (nSPS) is 6.54. The minimum Gasteiger partial charge on any atom is -0.379 e. The molecule has 0 fully saturated rings. The SMILES string of the molecule is Cc1ccccc1.O=NO.O=NO. The molecule has 0 spiro atoms. The van der Waals surface area contributed by atoms with Gasteiger partial charge in [-0.2, -0.15) is 0 Å². The lowest BCUT2D eigenvalue weighted by Gasteiger charge is -1.82. The smallest absolute Gasteiger partial charge is 0.152 e. The van der Waals surface area contributed by atoms with Gasteiger partial charge >= 0.3 is 0 Å². The Morgan fingerprint density at radius 3 is 1.46 bits per heavy atom. The van der Waals surface area contributed by atoms with Crippen LogP contribution >= 0.6 is 0 Å². The van der Waals surface area contributed by atoms with Gasteiger partial charge in [0, 0.05) is 0 Å². The van der Waals surface area contributed by atoms with Crippen LogP contribution in [0.15, 0.2) is 41.0 Å². The molecule has 1 rings (SSSR count). The van der Waals surface area contributed by atoms with Crippen molar-refractivity contribution in [2.24, 2.45) is 10.7 Å². The Kier molecular flexibility index (Phi) is 13.3. The van der Waals surface area contributed by atoms with Gasteiger partial charge in [0.1, 0.15) is 0 Å². The maximum Gasteiger partial charge on any atom is 0.152 e. The van der Waals surface area contributed by atoms with Crippen LogP contribution in [0.2, 0.25) is 0 Å². The first-order valence-corrected chi connectivity index (χ1v) is 3.18. The Hall–Kier alpha value is -1.98. The predicted molar refractivity (Wildman–Crippen MR) is 46.3 cm³/mol. The number of hydrogen-bond acceptors (Lipinski definition) is 4. The average molecular weight is 186 g/mol. The van der Waals surface area contributed by atoms with Gasteiger partial charge in [-0.1, -0.05) is 35.9 Å². The zero-order valence-corrected chi connectivity index (χ0v) is 6.99. The summed E-state index contributed by atoms with van der Waals surface area (Å²) in [7, 11) is 0. The van der Waals surface area contributed by atoms with E-state index in [9.17, 15) is 0 Å². The number of hydrogen-bond donors (Lipinski definition) is 2. The van der Waals surface area contributed by atoms with Crippen LogP contribution in [-0.2, 0) is 0 Å². The van der Waals surface area contributed by atoms with Crippen LogP contribution in [0.25, 0.3) is 0 Å². The molecular formula is C7H10N2O4. The molecule has 0 saturated carbocycles. The van der Waals surface area contributed by atoms with Gasteiger partial charge in [-0.05, 0) is 6.92 Å². The molecule has 0 radical (unpaired) electrons. The molecular weight excluding hydrogens is 176 g/mol. The first-order chi connectivity index (χ1) is 6.22. The van der Waals surface area contributed by atoms with Crippen molar-refractivity contribution in [3.05, 3.63) is 45.7 Å². The van der Waals surface area contributed by atoms with Crippen LogP contribution in [-0.4, -0.2) is 10.4 Å². The van der Waals surface area contributed by atoms with Crippen LogP contribution < -0.4 is 0 Å². The fourth-order valence-corrected chi connectivity index (χ4v) is 0.534. The molecule has 0 aliphatic heterocycles. The Bertz CT molecular complexity index is 209. The summed E-state index contributed by atoms with van der Waals surface area (Å²) < 4.78 is 0. The van der Waals surface area contributed by atoms with Crippen molar-refractivity contribution in [1.82, 2.24) is 0 Å². The van der Waals surface area contributed by atoms with Gasteiger partial charge in [-0.3, -0.25) is 0 Å². The highest BCUT2D eigenvalue weighted by atomic mass is 16.6. The number of benzene rings is 1. The van der Waals surface area contributed by atoms with Gasteiger partial charge in [0.2, 0.25) is 0 Å². The Morgan fingerprint density at radius 1 is 1.00 bits per heavy atom. The molecule has 0 unspecified atom stereocenters. The highest BCUT2D eigenvalue weighted by Crippen LogP contribution is 1.92. The van der Waals surface area contributed by atoms with E-state index in [0.717, 1.165) is 0 Å². The monoisotopic (exact) mass is 186 g/mol. The molecule has 2 N–H and O–H groups in total. The molecule has 13 heavy (non-hydrogen) atoms. The topological polar surface area (TPSA) is 99.3 Å². The van der Waals surface area contributed by atoms with Crippen LogP contribution in [0.3, 0.4) is 0 Å². The van der Waals surface area contributed by atoms with E-state index in [-0.39, 0.29) is 0 Å². The molecule has 0 aliphatic rings. The summed E-state index contributed by atoms with van der Waals surface area (Å²) in [6.07, 6.45) is 0. The molecule has 0 amide bonds. The minimum absolute atomic E-state index is 1.25. The second-order valence-electron chi connectivity index (χ2n) is 1.82. The first kappa shape index (κ1) is 13.6. The van der Waals surface area contributed by atoms with Gasteiger partial charge < -0.3 is 10.4 Å². The van der Waals surface area contributed by atoms with Gasteiger partial charge in [0.15, 0.2) is 10.7 Å². The third-order valence-electron chi connectivity index (χ3n) is 0.940. The fourth-order valence-electron chi connectivity index (χ4n) is 0.534. The van der Waals surface area contributed by atoms with E-state index in [1.807, 2.05) is 18.2 Å². The predicted octanol–water partition coefficient (Wildman–Crippen LogP) is 2.28. The van der Waals surface area contributed by atoms with Crippen molar-refractivity contribution >= 4 is 0 Å².